The van der Waals surface area contributed by atoms with Crippen molar-refractivity contribution in [2.75, 3.05) is 18.5 Å². The molecule has 1 aromatic rings. The molecule has 1 atom stereocenters. The van der Waals surface area contributed by atoms with Crippen LogP contribution in [0.15, 0.2) is 22.7 Å². The highest BCUT2D eigenvalue weighted by Crippen LogP contribution is 2.54. The molecule has 18 heavy (non-hydrogen) atoms. The number of rotatable bonds is 1. The molecule has 1 aliphatic carbocycles. The molecule has 4 rings (SSSR count). The van der Waals surface area contributed by atoms with Gasteiger partial charge in [0.15, 0.2) is 0 Å². The van der Waals surface area contributed by atoms with Gasteiger partial charge >= 0.3 is 0 Å². The van der Waals surface area contributed by atoms with Crippen molar-refractivity contribution in [3.8, 4) is 0 Å². The summed E-state index contributed by atoms with van der Waals surface area (Å²) >= 11 is 3.63. The summed E-state index contributed by atoms with van der Waals surface area (Å²) < 4.78 is 6.81. The van der Waals surface area contributed by atoms with Crippen molar-refractivity contribution in [2.45, 2.75) is 37.1 Å². The lowest BCUT2D eigenvalue weighted by atomic mass is 9.69. The second kappa shape index (κ2) is 3.97. The standard InChI is InChI=1S/C15H18BrNO/c16-11-3-4-13-12(9-11)15(5-7-18-8-6-15)14(17-13)10-1-2-10/h3-4,9-10,14,17H,1-2,5-8H2. The molecule has 1 saturated heterocycles. The molecule has 0 aromatic heterocycles. The first kappa shape index (κ1) is 11.3. The zero-order chi connectivity index (χ0) is 12.2. The van der Waals surface area contributed by atoms with Crippen molar-refractivity contribution in [3.63, 3.8) is 0 Å². The second-order valence-corrected chi connectivity index (χ2v) is 6.83. The maximum Gasteiger partial charge on any atom is 0.0475 e. The number of nitrogens with one attached hydrogen (secondary N) is 1. The largest absolute Gasteiger partial charge is 0.381 e. The molecular weight excluding hydrogens is 290 g/mol. The number of hydrogen-bond donors (Lipinski definition) is 1. The Bertz CT molecular complexity index is 477. The summed E-state index contributed by atoms with van der Waals surface area (Å²) in [5.74, 6) is 0.884. The third-order valence-electron chi connectivity index (χ3n) is 4.90. The quantitative estimate of drug-likeness (QED) is 0.854. The van der Waals surface area contributed by atoms with E-state index >= 15 is 0 Å². The summed E-state index contributed by atoms with van der Waals surface area (Å²) in [7, 11) is 0. The van der Waals surface area contributed by atoms with Gasteiger partial charge in [-0.1, -0.05) is 15.9 Å². The molecule has 2 fully saturated rings. The van der Waals surface area contributed by atoms with Gasteiger partial charge in [0, 0.05) is 34.8 Å². The Kier molecular flexibility index (Phi) is 2.50. The van der Waals surface area contributed by atoms with Crippen LogP contribution in [-0.2, 0) is 10.2 Å². The minimum Gasteiger partial charge on any atom is -0.381 e. The van der Waals surface area contributed by atoms with E-state index < -0.39 is 0 Å². The fraction of sp³-hybridized carbons (Fsp3) is 0.600. The van der Waals surface area contributed by atoms with E-state index in [4.69, 9.17) is 4.74 Å². The van der Waals surface area contributed by atoms with Crippen LogP contribution in [0.5, 0.6) is 0 Å². The van der Waals surface area contributed by atoms with Crippen LogP contribution in [0.4, 0.5) is 5.69 Å². The predicted octanol–water partition coefficient (Wildman–Crippen LogP) is 3.70. The minimum absolute atomic E-state index is 0.332. The van der Waals surface area contributed by atoms with Gasteiger partial charge in [0.2, 0.25) is 0 Å². The third kappa shape index (κ3) is 1.56. The summed E-state index contributed by atoms with van der Waals surface area (Å²) in [4.78, 5) is 0. The Morgan fingerprint density at radius 1 is 1.22 bits per heavy atom. The summed E-state index contributed by atoms with van der Waals surface area (Å²) in [6.07, 6.45) is 5.14. The van der Waals surface area contributed by atoms with E-state index in [1.165, 1.54) is 41.4 Å². The maximum atomic E-state index is 5.61. The van der Waals surface area contributed by atoms with Crippen LogP contribution in [0.3, 0.4) is 0 Å². The zero-order valence-electron chi connectivity index (χ0n) is 10.4. The number of hydrogen-bond acceptors (Lipinski definition) is 2. The molecule has 1 saturated carbocycles. The first-order chi connectivity index (χ1) is 8.79. The highest BCUT2D eigenvalue weighted by molar-refractivity contribution is 9.10. The van der Waals surface area contributed by atoms with Crippen molar-refractivity contribution in [1.29, 1.82) is 0 Å². The number of anilines is 1. The average Bonchev–Trinajstić information content (AvgIpc) is 3.18. The fourth-order valence-electron chi connectivity index (χ4n) is 3.84. The highest BCUT2D eigenvalue weighted by Gasteiger charge is 2.52. The van der Waals surface area contributed by atoms with Crippen LogP contribution >= 0.6 is 15.9 Å². The minimum atomic E-state index is 0.332. The van der Waals surface area contributed by atoms with Crippen LogP contribution < -0.4 is 5.32 Å². The van der Waals surface area contributed by atoms with E-state index in [0.717, 1.165) is 19.1 Å². The van der Waals surface area contributed by atoms with Crippen molar-refractivity contribution >= 4 is 21.6 Å². The van der Waals surface area contributed by atoms with Crippen LogP contribution in [0, 0.1) is 5.92 Å². The first-order valence-corrected chi connectivity index (χ1v) is 7.73. The molecule has 1 N–H and O–H groups in total. The van der Waals surface area contributed by atoms with E-state index in [2.05, 4.69) is 39.4 Å². The molecule has 2 aliphatic heterocycles. The van der Waals surface area contributed by atoms with Crippen LogP contribution in [0.2, 0.25) is 0 Å². The Balaban J connectivity index is 1.82. The number of halogens is 1. The average molecular weight is 308 g/mol. The maximum absolute atomic E-state index is 5.61. The van der Waals surface area contributed by atoms with E-state index in [1.54, 1.807) is 0 Å². The summed E-state index contributed by atoms with van der Waals surface area (Å²) in [6, 6.07) is 7.36. The second-order valence-electron chi connectivity index (χ2n) is 5.92. The van der Waals surface area contributed by atoms with Gasteiger partial charge in [-0.3, -0.25) is 0 Å². The molecular formula is C15H18BrNO. The fourth-order valence-corrected chi connectivity index (χ4v) is 4.20. The Morgan fingerprint density at radius 3 is 2.72 bits per heavy atom. The molecule has 2 nitrogen and oxygen atoms in total. The van der Waals surface area contributed by atoms with Gasteiger partial charge < -0.3 is 10.1 Å². The Morgan fingerprint density at radius 2 is 2.00 bits per heavy atom. The molecule has 0 amide bonds. The van der Waals surface area contributed by atoms with E-state index in [9.17, 15) is 0 Å². The summed E-state index contributed by atoms with van der Waals surface area (Å²) in [6.45, 7) is 1.83. The van der Waals surface area contributed by atoms with E-state index in [0.29, 0.717) is 11.5 Å². The molecule has 0 bridgehead atoms. The first-order valence-electron chi connectivity index (χ1n) is 6.94. The zero-order valence-corrected chi connectivity index (χ0v) is 12.0. The Hall–Kier alpha value is -0.540. The molecule has 3 aliphatic rings. The normalized spacial score (nSPS) is 29.1. The monoisotopic (exact) mass is 307 g/mol. The van der Waals surface area contributed by atoms with Crippen LogP contribution in [0.25, 0.3) is 0 Å². The van der Waals surface area contributed by atoms with Gasteiger partial charge in [-0.05, 0) is 55.4 Å². The molecule has 3 heteroatoms. The number of benzene rings is 1. The number of ether oxygens (including phenoxy) is 1. The molecule has 1 aromatic carbocycles. The lowest BCUT2D eigenvalue weighted by molar-refractivity contribution is 0.0434. The molecule has 96 valence electrons. The molecule has 1 unspecified atom stereocenters. The van der Waals surface area contributed by atoms with Gasteiger partial charge in [-0.25, -0.2) is 0 Å². The van der Waals surface area contributed by atoms with Gasteiger partial charge in [0.05, 0.1) is 0 Å². The highest BCUT2D eigenvalue weighted by atomic mass is 79.9. The van der Waals surface area contributed by atoms with Gasteiger partial charge in [0.25, 0.3) is 0 Å². The topological polar surface area (TPSA) is 21.3 Å². The summed E-state index contributed by atoms with van der Waals surface area (Å²) in [5, 5.41) is 3.81. The van der Waals surface area contributed by atoms with E-state index in [1.807, 2.05) is 0 Å². The van der Waals surface area contributed by atoms with Gasteiger partial charge in [0.1, 0.15) is 0 Å². The predicted molar refractivity (Wildman–Crippen MR) is 76.0 cm³/mol. The van der Waals surface area contributed by atoms with Crippen molar-refractivity contribution in [3.05, 3.63) is 28.2 Å². The Labute approximate surface area is 116 Å². The smallest absolute Gasteiger partial charge is 0.0475 e. The lowest BCUT2D eigenvalue weighted by Gasteiger charge is -2.39. The van der Waals surface area contributed by atoms with Crippen LogP contribution in [-0.4, -0.2) is 19.3 Å². The van der Waals surface area contributed by atoms with Gasteiger partial charge in [-0.2, -0.15) is 0 Å². The number of fused-ring (bicyclic) bond motifs is 2. The van der Waals surface area contributed by atoms with Crippen molar-refractivity contribution in [1.82, 2.24) is 0 Å². The SMILES string of the molecule is Brc1ccc2c(c1)C1(CCOCC1)C(C1CC1)N2. The van der Waals surface area contributed by atoms with E-state index in [-0.39, 0.29) is 0 Å². The summed E-state index contributed by atoms with van der Waals surface area (Å²) in [5.41, 5.74) is 3.22. The van der Waals surface area contributed by atoms with Crippen molar-refractivity contribution in [2.24, 2.45) is 5.92 Å². The molecule has 1 spiro atoms. The van der Waals surface area contributed by atoms with Gasteiger partial charge in [-0.15, -0.1) is 0 Å². The molecule has 0 radical (unpaired) electrons. The van der Waals surface area contributed by atoms with Crippen LogP contribution in [0.1, 0.15) is 31.2 Å². The third-order valence-corrected chi connectivity index (χ3v) is 5.40. The lowest BCUT2D eigenvalue weighted by Crippen LogP contribution is -2.44. The van der Waals surface area contributed by atoms with Crippen molar-refractivity contribution < 1.29 is 4.74 Å². The molecule has 2 heterocycles.